The van der Waals surface area contributed by atoms with Gasteiger partial charge in [0.1, 0.15) is 0 Å². The number of amides is 1. The fourth-order valence-electron chi connectivity index (χ4n) is 4.55. The molecule has 1 atom stereocenters. The van der Waals surface area contributed by atoms with E-state index in [1.54, 1.807) is 10.4 Å². The molecule has 1 heterocycles. The van der Waals surface area contributed by atoms with Crippen LogP contribution in [0.3, 0.4) is 0 Å². The van der Waals surface area contributed by atoms with Crippen molar-refractivity contribution in [2.45, 2.75) is 51.0 Å². The van der Waals surface area contributed by atoms with Gasteiger partial charge in [0.2, 0.25) is 15.9 Å². The summed E-state index contributed by atoms with van der Waals surface area (Å²) in [4.78, 5) is 15.2. The van der Waals surface area contributed by atoms with Gasteiger partial charge in [0.25, 0.3) is 0 Å². The quantitative estimate of drug-likeness (QED) is 0.774. The smallest absolute Gasteiger partial charge is 0.243 e. The normalized spacial score (nSPS) is 18.5. The molecule has 1 aliphatic heterocycles. The van der Waals surface area contributed by atoms with Gasteiger partial charge in [-0.25, -0.2) is 8.42 Å². The van der Waals surface area contributed by atoms with Crippen LogP contribution in [0, 0.1) is 13.8 Å². The predicted octanol–water partition coefficient (Wildman–Crippen LogP) is 3.13. The number of rotatable bonds is 5. The van der Waals surface area contributed by atoms with Gasteiger partial charge in [0.15, 0.2) is 0 Å². The molecular weight excluding hydrogens is 410 g/mol. The van der Waals surface area contributed by atoms with Crippen molar-refractivity contribution < 1.29 is 13.2 Å². The molecule has 0 spiro atoms. The Hall–Kier alpha value is -2.22. The highest BCUT2D eigenvalue weighted by Gasteiger charge is 2.32. The van der Waals surface area contributed by atoms with Gasteiger partial charge in [-0.1, -0.05) is 23.8 Å². The lowest BCUT2D eigenvalue weighted by Gasteiger charge is -2.36. The molecule has 2 aromatic carbocycles. The number of sulfonamides is 1. The summed E-state index contributed by atoms with van der Waals surface area (Å²) >= 11 is 0. The molecule has 2 aliphatic rings. The first kappa shape index (κ1) is 22.0. The number of piperazine rings is 1. The Kier molecular flexibility index (Phi) is 6.19. The highest BCUT2D eigenvalue weighted by molar-refractivity contribution is 7.89. The first-order valence-corrected chi connectivity index (χ1v) is 12.4. The molecule has 0 unspecified atom stereocenters. The van der Waals surface area contributed by atoms with Gasteiger partial charge < -0.3 is 5.32 Å². The Labute approximate surface area is 185 Å². The summed E-state index contributed by atoms with van der Waals surface area (Å²) in [5.74, 6) is -0.0677. The minimum atomic E-state index is -3.51. The summed E-state index contributed by atoms with van der Waals surface area (Å²) in [6.45, 7) is 7.73. The molecule has 7 heteroatoms. The number of anilines is 1. The topological polar surface area (TPSA) is 69.7 Å². The third-order valence-electron chi connectivity index (χ3n) is 6.55. The number of nitrogens with one attached hydrogen (secondary N) is 1. The van der Waals surface area contributed by atoms with E-state index >= 15 is 0 Å². The molecule has 4 rings (SSSR count). The number of hydrogen-bond donors (Lipinski definition) is 1. The van der Waals surface area contributed by atoms with E-state index in [-0.39, 0.29) is 11.9 Å². The first-order chi connectivity index (χ1) is 14.8. The molecular formula is C24H31N3O3S. The molecule has 1 fully saturated rings. The van der Waals surface area contributed by atoms with Crippen LogP contribution < -0.4 is 5.32 Å². The van der Waals surface area contributed by atoms with Crippen LogP contribution in [0.1, 0.15) is 35.6 Å². The van der Waals surface area contributed by atoms with Crippen molar-refractivity contribution in [1.29, 1.82) is 0 Å². The third-order valence-corrected chi connectivity index (χ3v) is 8.44. The molecule has 0 bridgehead atoms. The Morgan fingerprint density at radius 2 is 1.68 bits per heavy atom. The maximum Gasteiger partial charge on any atom is 0.243 e. The van der Waals surface area contributed by atoms with E-state index in [0.29, 0.717) is 31.1 Å². The van der Waals surface area contributed by atoms with Gasteiger partial charge >= 0.3 is 0 Å². The standard InChI is InChI=1S/C24H31N3O3S/c1-17-7-10-23(18(2)15-17)25-24(28)19(3)26-11-13-27(14-12-26)31(29,30)22-9-8-20-5-4-6-21(20)16-22/h7-10,15-16,19H,4-6,11-14H2,1-3H3,(H,25,28)/t19-/m0/s1. The van der Waals surface area contributed by atoms with Crippen LogP contribution in [0.4, 0.5) is 5.69 Å². The lowest BCUT2D eigenvalue weighted by molar-refractivity contribution is -0.121. The van der Waals surface area contributed by atoms with E-state index < -0.39 is 10.0 Å². The van der Waals surface area contributed by atoms with Crippen molar-refractivity contribution in [1.82, 2.24) is 9.21 Å². The Morgan fingerprint density at radius 3 is 2.39 bits per heavy atom. The van der Waals surface area contributed by atoms with Gasteiger partial charge in [-0.15, -0.1) is 0 Å². The van der Waals surface area contributed by atoms with E-state index in [9.17, 15) is 13.2 Å². The zero-order valence-corrected chi connectivity index (χ0v) is 19.3. The Balaban J connectivity index is 1.38. The van der Waals surface area contributed by atoms with Crippen LogP contribution in [0.25, 0.3) is 0 Å². The van der Waals surface area contributed by atoms with Crippen LogP contribution >= 0.6 is 0 Å². The predicted molar refractivity (Wildman–Crippen MR) is 123 cm³/mol. The number of carbonyl (C=O) groups excluding carboxylic acids is 1. The zero-order valence-electron chi connectivity index (χ0n) is 18.5. The summed E-state index contributed by atoms with van der Waals surface area (Å²) in [5.41, 5.74) is 5.44. The molecule has 166 valence electrons. The highest BCUT2D eigenvalue weighted by atomic mass is 32.2. The summed E-state index contributed by atoms with van der Waals surface area (Å²) in [6.07, 6.45) is 3.09. The summed E-state index contributed by atoms with van der Waals surface area (Å²) < 4.78 is 27.8. The van der Waals surface area contributed by atoms with Gasteiger partial charge in [-0.2, -0.15) is 4.31 Å². The van der Waals surface area contributed by atoms with Crippen molar-refractivity contribution in [3.8, 4) is 0 Å². The second-order valence-electron chi connectivity index (χ2n) is 8.71. The van der Waals surface area contributed by atoms with Crippen molar-refractivity contribution >= 4 is 21.6 Å². The average molecular weight is 442 g/mol. The molecule has 31 heavy (non-hydrogen) atoms. The molecule has 1 aliphatic carbocycles. The van der Waals surface area contributed by atoms with Crippen molar-refractivity contribution in [3.05, 3.63) is 58.7 Å². The van der Waals surface area contributed by atoms with Crippen LogP contribution in [-0.2, 0) is 27.7 Å². The fourth-order valence-corrected chi connectivity index (χ4v) is 6.02. The SMILES string of the molecule is Cc1ccc(NC(=O)[C@H](C)N2CCN(S(=O)(=O)c3ccc4c(c3)CCC4)CC2)c(C)c1. The van der Waals surface area contributed by atoms with E-state index in [4.69, 9.17) is 0 Å². The first-order valence-electron chi connectivity index (χ1n) is 11.0. The molecule has 1 N–H and O–H groups in total. The molecule has 2 aromatic rings. The fraction of sp³-hybridized carbons (Fsp3) is 0.458. The molecule has 0 radical (unpaired) electrons. The van der Waals surface area contributed by atoms with Gasteiger partial charge in [0.05, 0.1) is 10.9 Å². The maximum atomic E-state index is 13.1. The minimum Gasteiger partial charge on any atom is -0.324 e. The van der Waals surface area contributed by atoms with E-state index in [2.05, 4.69) is 5.32 Å². The minimum absolute atomic E-state index is 0.0677. The zero-order chi connectivity index (χ0) is 22.2. The number of fused-ring (bicyclic) bond motifs is 1. The van der Waals surface area contributed by atoms with Crippen molar-refractivity contribution in [2.24, 2.45) is 0 Å². The van der Waals surface area contributed by atoms with E-state index in [0.717, 1.165) is 41.6 Å². The third kappa shape index (κ3) is 4.54. The summed E-state index contributed by atoms with van der Waals surface area (Å²) in [7, 11) is -3.51. The number of benzene rings is 2. The molecule has 1 amide bonds. The lowest BCUT2D eigenvalue weighted by atomic mass is 10.1. The van der Waals surface area contributed by atoms with Gasteiger partial charge in [-0.3, -0.25) is 9.69 Å². The highest BCUT2D eigenvalue weighted by Crippen LogP contribution is 2.27. The summed E-state index contributed by atoms with van der Waals surface area (Å²) in [6, 6.07) is 11.2. The molecule has 1 saturated heterocycles. The molecule has 0 saturated carbocycles. The Morgan fingerprint density at radius 1 is 0.968 bits per heavy atom. The van der Waals surface area contributed by atoms with Crippen molar-refractivity contribution in [2.75, 3.05) is 31.5 Å². The second kappa shape index (κ2) is 8.73. The van der Waals surface area contributed by atoms with Crippen molar-refractivity contribution in [3.63, 3.8) is 0 Å². The molecule has 6 nitrogen and oxygen atoms in total. The van der Waals surface area contributed by atoms with Gasteiger partial charge in [0, 0.05) is 31.9 Å². The van der Waals surface area contributed by atoms with Crippen LogP contribution in [-0.4, -0.2) is 55.8 Å². The second-order valence-corrected chi connectivity index (χ2v) is 10.6. The molecule has 0 aromatic heterocycles. The van der Waals surface area contributed by atoms with Crippen LogP contribution in [0.15, 0.2) is 41.3 Å². The average Bonchev–Trinajstić information content (AvgIpc) is 3.23. The largest absolute Gasteiger partial charge is 0.324 e. The summed E-state index contributed by atoms with van der Waals surface area (Å²) in [5, 5.41) is 3.01. The lowest BCUT2D eigenvalue weighted by Crippen LogP contribution is -2.53. The van der Waals surface area contributed by atoms with Gasteiger partial charge in [-0.05, 0) is 74.9 Å². The number of nitrogens with zero attached hydrogens (tertiary/aromatic N) is 2. The van der Waals surface area contributed by atoms with Crippen LogP contribution in [0.5, 0.6) is 0 Å². The van der Waals surface area contributed by atoms with E-state index in [1.165, 1.54) is 5.56 Å². The monoisotopic (exact) mass is 441 g/mol. The Bertz CT molecular complexity index is 1090. The van der Waals surface area contributed by atoms with Crippen LogP contribution in [0.2, 0.25) is 0 Å². The number of carbonyl (C=O) groups is 1. The number of hydrogen-bond acceptors (Lipinski definition) is 4. The number of aryl methyl sites for hydroxylation is 4. The van der Waals surface area contributed by atoms with E-state index in [1.807, 2.05) is 56.0 Å². The maximum absolute atomic E-state index is 13.1.